The number of anilines is 1. The maximum Gasteiger partial charge on any atom is 0.416 e. The highest BCUT2D eigenvalue weighted by molar-refractivity contribution is 6.28. The fourth-order valence-electron chi connectivity index (χ4n) is 4.36. The van der Waals surface area contributed by atoms with Crippen molar-refractivity contribution in [1.82, 2.24) is 9.55 Å². The highest BCUT2D eigenvalue weighted by Crippen LogP contribution is 2.34. The third kappa shape index (κ3) is 6.92. The molecule has 0 amide bonds. The summed E-state index contributed by atoms with van der Waals surface area (Å²) in [4.78, 5) is 15.9. The van der Waals surface area contributed by atoms with Crippen molar-refractivity contribution in [2.75, 3.05) is 24.6 Å². The summed E-state index contributed by atoms with van der Waals surface area (Å²) in [6.07, 6.45) is -1.86. The van der Waals surface area contributed by atoms with Gasteiger partial charge in [-0.05, 0) is 88.7 Å². The molecule has 1 saturated heterocycles. The lowest BCUT2D eigenvalue weighted by Gasteiger charge is -2.34. The average molecular weight is 539 g/mol. The van der Waals surface area contributed by atoms with E-state index in [1.807, 2.05) is 24.3 Å². The van der Waals surface area contributed by atoms with E-state index in [0.29, 0.717) is 11.7 Å². The van der Waals surface area contributed by atoms with Crippen LogP contribution in [-0.4, -0.2) is 45.4 Å². The quantitative estimate of drug-likeness (QED) is 0.278. The third-order valence-electron chi connectivity index (χ3n) is 6.45. The van der Waals surface area contributed by atoms with Crippen molar-refractivity contribution in [3.8, 4) is 5.75 Å². The molecule has 198 valence electrons. The van der Waals surface area contributed by atoms with Crippen LogP contribution in [0.3, 0.4) is 0 Å². The largest absolute Gasteiger partial charge is 0.491 e. The van der Waals surface area contributed by atoms with Crippen LogP contribution in [0.4, 0.5) is 24.7 Å². The Morgan fingerprint density at radius 1 is 1.14 bits per heavy atom. The lowest BCUT2D eigenvalue weighted by Crippen LogP contribution is -2.32. The molecule has 0 bridgehead atoms. The standard InChI is InChI=1S/C25H26ClF3N4O4/c26-24-30-23(33(35)36)15-32(24)14-11-21(34)16-37-22-7-1-17(2-8-22)18-9-12-31(13-10-18)20-5-3-19(4-6-20)25(27,28)29/h1-8,15,18,21,34H,9-14,16H2. The summed E-state index contributed by atoms with van der Waals surface area (Å²) in [5.74, 6) is 0.608. The first-order valence-corrected chi connectivity index (χ1v) is 12.2. The number of hydrogen-bond donors (Lipinski definition) is 1. The van der Waals surface area contributed by atoms with E-state index in [0.717, 1.165) is 49.3 Å². The normalized spacial score (nSPS) is 15.5. The molecule has 37 heavy (non-hydrogen) atoms. The van der Waals surface area contributed by atoms with Gasteiger partial charge in [0.15, 0.2) is 0 Å². The summed E-state index contributed by atoms with van der Waals surface area (Å²) in [5.41, 5.74) is 1.31. The van der Waals surface area contributed by atoms with Crippen molar-refractivity contribution in [2.24, 2.45) is 0 Å². The molecule has 4 rings (SSSR count). The number of aliphatic hydroxyl groups excluding tert-OH is 1. The van der Waals surface area contributed by atoms with Crippen LogP contribution < -0.4 is 9.64 Å². The molecule has 0 saturated carbocycles. The third-order valence-corrected chi connectivity index (χ3v) is 6.76. The summed E-state index contributed by atoms with van der Waals surface area (Å²) in [6.45, 7) is 1.82. The van der Waals surface area contributed by atoms with E-state index in [-0.39, 0.29) is 30.7 Å². The SMILES string of the molecule is O=[N+]([O-])c1cn(CCC(O)COc2ccc(C3CCN(c4ccc(C(F)(F)F)cc4)CC3)cc2)c(Cl)n1. The molecule has 2 heterocycles. The summed E-state index contributed by atoms with van der Waals surface area (Å²) in [7, 11) is 0. The van der Waals surface area contributed by atoms with Crippen molar-refractivity contribution in [3.05, 3.63) is 81.3 Å². The number of aromatic nitrogens is 2. The number of hydrogen-bond acceptors (Lipinski definition) is 6. The van der Waals surface area contributed by atoms with Crippen LogP contribution in [-0.2, 0) is 12.7 Å². The van der Waals surface area contributed by atoms with Gasteiger partial charge in [-0.25, -0.2) is 0 Å². The lowest BCUT2D eigenvalue weighted by molar-refractivity contribution is -0.389. The maximum atomic E-state index is 12.8. The molecule has 0 radical (unpaired) electrons. The first kappa shape index (κ1) is 26.7. The number of halogens is 4. The van der Waals surface area contributed by atoms with Gasteiger partial charge in [0.05, 0.1) is 11.7 Å². The minimum Gasteiger partial charge on any atom is -0.491 e. The van der Waals surface area contributed by atoms with Gasteiger partial charge in [-0.3, -0.25) is 4.57 Å². The Balaban J connectivity index is 1.22. The van der Waals surface area contributed by atoms with Crippen LogP contribution in [0.2, 0.25) is 5.28 Å². The van der Waals surface area contributed by atoms with E-state index >= 15 is 0 Å². The number of aryl methyl sites for hydroxylation is 1. The monoisotopic (exact) mass is 538 g/mol. The van der Waals surface area contributed by atoms with Gasteiger partial charge < -0.3 is 24.9 Å². The average Bonchev–Trinajstić information content (AvgIpc) is 3.27. The Bertz CT molecular complexity index is 1190. The Kier molecular flexibility index (Phi) is 8.23. The molecular weight excluding hydrogens is 513 g/mol. The molecule has 2 aromatic carbocycles. The molecule has 3 aromatic rings. The zero-order valence-electron chi connectivity index (χ0n) is 19.8. The Morgan fingerprint density at radius 2 is 1.78 bits per heavy atom. The van der Waals surface area contributed by atoms with Crippen molar-refractivity contribution >= 4 is 23.1 Å². The predicted molar refractivity (Wildman–Crippen MR) is 132 cm³/mol. The summed E-state index contributed by atoms with van der Waals surface area (Å²) in [5, 5.41) is 21.0. The number of ether oxygens (including phenoxy) is 1. The van der Waals surface area contributed by atoms with Crippen LogP contribution in [0.15, 0.2) is 54.7 Å². The van der Waals surface area contributed by atoms with Crippen molar-refractivity contribution in [3.63, 3.8) is 0 Å². The number of piperidine rings is 1. The number of aliphatic hydroxyl groups is 1. The van der Waals surface area contributed by atoms with Crippen LogP contribution >= 0.6 is 11.6 Å². The molecule has 1 unspecified atom stereocenters. The minimum absolute atomic E-state index is 0.0133. The summed E-state index contributed by atoms with van der Waals surface area (Å²) < 4.78 is 45.5. The van der Waals surface area contributed by atoms with Crippen molar-refractivity contribution < 1.29 is 27.9 Å². The number of alkyl halides is 3. The van der Waals surface area contributed by atoms with Crippen molar-refractivity contribution in [1.29, 1.82) is 0 Å². The Morgan fingerprint density at radius 3 is 2.35 bits per heavy atom. The number of rotatable bonds is 9. The van der Waals surface area contributed by atoms with E-state index in [1.54, 1.807) is 0 Å². The van der Waals surface area contributed by atoms with E-state index in [4.69, 9.17) is 16.3 Å². The molecule has 1 aliphatic rings. The van der Waals surface area contributed by atoms with Gasteiger partial charge >= 0.3 is 17.3 Å². The highest BCUT2D eigenvalue weighted by atomic mass is 35.5. The fourth-order valence-corrected chi connectivity index (χ4v) is 4.58. The Labute approximate surface area is 216 Å². The molecule has 1 atom stereocenters. The van der Waals surface area contributed by atoms with Gasteiger partial charge in [-0.1, -0.05) is 12.1 Å². The van der Waals surface area contributed by atoms with E-state index in [9.17, 15) is 28.4 Å². The topological polar surface area (TPSA) is 93.7 Å². The molecule has 1 N–H and O–H groups in total. The van der Waals surface area contributed by atoms with Gasteiger partial charge in [-0.15, -0.1) is 0 Å². The van der Waals surface area contributed by atoms with Gasteiger partial charge in [0.2, 0.25) is 0 Å². The molecule has 12 heteroatoms. The van der Waals surface area contributed by atoms with Gasteiger partial charge in [0.25, 0.3) is 0 Å². The fraction of sp³-hybridized carbons (Fsp3) is 0.400. The second kappa shape index (κ2) is 11.4. The smallest absolute Gasteiger partial charge is 0.416 e. The van der Waals surface area contributed by atoms with E-state index in [1.165, 1.54) is 22.9 Å². The molecule has 0 aliphatic carbocycles. The van der Waals surface area contributed by atoms with Crippen LogP contribution in [0, 0.1) is 10.1 Å². The van der Waals surface area contributed by atoms with E-state index in [2.05, 4.69) is 9.88 Å². The van der Waals surface area contributed by atoms with Gasteiger partial charge in [0.1, 0.15) is 18.6 Å². The molecular formula is C25H26ClF3N4O4. The number of imidazole rings is 1. The van der Waals surface area contributed by atoms with Gasteiger partial charge in [-0.2, -0.15) is 13.2 Å². The maximum absolute atomic E-state index is 12.8. The predicted octanol–water partition coefficient (Wildman–Crippen LogP) is 5.68. The lowest BCUT2D eigenvalue weighted by atomic mass is 9.89. The molecule has 0 spiro atoms. The minimum atomic E-state index is -4.33. The van der Waals surface area contributed by atoms with Crippen LogP contribution in [0.5, 0.6) is 5.75 Å². The second-order valence-electron chi connectivity index (χ2n) is 8.95. The second-order valence-corrected chi connectivity index (χ2v) is 9.29. The molecule has 1 aliphatic heterocycles. The summed E-state index contributed by atoms with van der Waals surface area (Å²) >= 11 is 5.88. The Hall–Kier alpha value is -3.31. The van der Waals surface area contributed by atoms with Gasteiger partial charge in [0, 0.05) is 25.3 Å². The van der Waals surface area contributed by atoms with Crippen LogP contribution in [0.25, 0.3) is 0 Å². The first-order valence-electron chi connectivity index (χ1n) is 11.8. The summed E-state index contributed by atoms with van der Waals surface area (Å²) in [6, 6.07) is 13.0. The van der Waals surface area contributed by atoms with Crippen LogP contribution in [0.1, 0.15) is 36.3 Å². The zero-order chi connectivity index (χ0) is 26.6. The zero-order valence-corrected chi connectivity index (χ0v) is 20.5. The van der Waals surface area contributed by atoms with Crippen molar-refractivity contribution in [2.45, 2.75) is 44.0 Å². The number of benzene rings is 2. The first-order chi connectivity index (χ1) is 17.6. The van der Waals surface area contributed by atoms with E-state index < -0.39 is 22.8 Å². The number of nitrogens with zero attached hydrogens (tertiary/aromatic N) is 4. The molecule has 1 aromatic heterocycles. The number of nitro groups is 1. The molecule has 1 fully saturated rings. The highest BCUT2D eigenvalue weighted by Gasteiger charge is 2.30. The molecule has 8 nitrogen and oxygen atoms in total.